The summed E-state index contributed by atoms with van der Waals surface area (Å²) in [6, 6.07) is 4.26. The Morgan fingerprint density at radius 2 is 1.94 bits per heavy atom. The quantitative estimate of drug-likeness (QED) is 0.545. The average Bonchev–Trinajstić information content (AvgIpc) is 3.54. The molecule has 2 aliphatic heterocycles. The SMILES string of the molecule is CCCn1ccnc1C1CCN(C2CCN(C(=O)C(N)Cc3cc(C)c4[nH]ncc4c3)CC2)CC1. The predicted octanol–water partition coefficient (Wildman–Crippen LogP) is 3.22. The molecule has 0 saturated carbocycles. The van der Waals surface area contributed by atoms with Gasteiger partial charge in [0.05, 0.1) is 17.8 Å². The molecule has 1 aromatic carbocycles. The van der Waals surface area contributed by atoms with Crippen LogP contribution in [0.25, 0.3) is 10.9 Å². The van der Waals surface area contributed by atoms with Crippen molar-refractivity contribution in [2.45, 2.75) is 76.9 Å². The number of amides is 1. The number of imidazole rings is 1. The highest BCUT2D eigenvalue weighted by Crippen LogP contribution is 2.30. The van der Waals surface area contributed by atoms with Gasteiger partial charge >= 0.3 is 0 Å². The fourth-order valence-corrected chi connectivity index (χ4v) is 6.09. The molecular formula is C27H39N7O. The number of H-pyrrole nitrogens is 1. The highest BCUT2D eigenvalue weighted by molar-refractivity contribution is 5.84. The number of carbonyl (C=O) groups excluding carboxylic acids is 1. The number of carbonyl (C=O) groups is 1. The predicted molar refractivity (Wildman–Crippen MR) is 138 cm³/mol. The Kier molecular flexibility index (Phi) is 7.20. The number of piperidine rings is 2. The number of hydrogen-bond acceptors (Lipinski definition) is 5. The third-order valence-electron chi connectivity index (χ3n) is 7.98. The smallest absolute Gasteiger partial charge is 0.239 e. The van der Waals surface area contributed by atoms with Crippen LogP contribution in [0.3, 0.4) is 0 Å². The summed E-state index contributed by atoms with van der Waals surface area (Å²) in [6.07, 6.45) is 12.0. The molecule has 0 radical (unpaired) electrons. The van der Waals surface area contributed by atoms with E-state index in [0.29, 0.717) is 18.4 Å². The van der Waals surface area contributed by atoms with Crippen LogP contribution in [0, 0.1) is 6.92 Å². The van der Waals surface area contributed by atoms with Crippen LogP contribution in [0.2, 0.25) is 0 Å². The van der Waals surface area contributed by atoms with Gasteiger partial charge in [0.15, 0.2) is 0 Å². The molecule has 1 atom stereocenters. The van der Waals surface area contributed by atoms with Gasteiger partial charge in [0.25, 0.3) is 0 Å². The van der Waals surface area contributed by atoms with Crippen molar-refractivity contribution in [1.82, 2.24) is 29.5 Å². The summed E-state index contributed by atoms with van der Waals surface area (Å²) in [5.74, 6) is 1.91. The Hall–Kier alpha value is -2.71. The van der Waals surface area contributed by atoms with E-state index < -0.39 is 6.04 Å². The van der Waals surface area contributed by atoms with E-state index >= 15 is 0 Å². The van der Waals surface area contributed by atoms with E-state index in [2.05, 4.69) is 56.8 Å². The monoisotopic (exact) mass is 477 g/mol. The van der Waals surface area contributed by atoms with E-state index in [1.807, 2.05) is 17.3 Å². The zero-order chi connectivity index (χ0) is 24.4. The molecule has 0 bridgehead atoms. The Balaban J connectivity index is 1.10. The molecule has 3 N–H and O–H groups in total. The van der Waals surface area contributed by atoms with Gasteiger partial charge in [0, 0.05) is 49.4 Å². The Labute approximate surface area is 207 Å². The van der Waals surface area contributed by atoms with Gasteiger partial charge in [-0.25, -0.2) is 4.98 Å². The zero-order valence-electron chi connectivity index (χ0n) is 21.1. The number of nitrogens with two attached hydrogens (primary N) is 1. The van der Waals surface area contributed by atoms with Gasteiger partial charge in [-0.2, -0.15) is 5.10 Å². The molecule has 0 spiro atoms. The van der Waals surface area contributed by atoms with E-state index in [-0.39, 0.29) is 5.91 Å². The molecule has 188 valence electrons. The number of likely N-dealkylation sites (tertiary alicyclic amines) is 2. The number of nitrogens with zero attached hydrogens (tertiary/aromatic N) is 5. The summed E-state index contributed by atoms with van der Waals surface area (Å²) in [6.45, 7) is 9.19. The Bertz CT molecular complexity index is 1140. The topological polar surface area (TPSA) is 96.1 Å². The van der Waals surface area contributed by atoms with Crippen molar-refractivity contribution in [1.29, 1.82) is 0 Å². The van der Waals surface area contributed by atoms with Crippen molar-refractivity contribution in [2.75, 3.05) is 26.2 Å². The minimum atomic E-state index is -0.502. The van der Waals surface area contributed by atoms with Crippen molar-refractivity contribution in [2.24, 2.45) is 5.73 Å². The first kappa shape index (κ1) is 24.0. The van der Waals surface area contributed by atoms with Crippen LogP contribution >= 0.6 is 0 Å². The van der Waals surface area contributed by atoms with Crippen molar-refractivity contribution in [3.63, 3.8) is 0 Å². The number of fused-ring (bicyclic) bond motifs is 1. The molecule has 2 aliphatic rings. The first-order valence-corrected chi connectivity index (χ1v) is 13.3. The van der Waals surface area contributed by atoms with Gasteiger partial charge in [-0.1, -0.05) is 13.0 Å². The van der Waals surface area contributed by atoms with Crippen LogP contribution in [0.5, 0.6) is 0 Å². The van der Waals surface area contributed by atoms with Gasteiger partial charge in [0.2, 0.25) is 5.91 Å². The molecule has 5 rings (SSSR count). The first-order valence-electron chi connectivity index (χ1n) is 13.3. The zero-order valence-corrected chi connectivity index (χ0v) is 21.1. The molecule has 35 heavy (non-hydrogen) atoms. The average molecular weight is 478 g/mol. The number of nitrogens with one attached hydrogen (secondary N) is 1. The summed E-state index contributed by atoms with van der Waals surface area (Å²) >= 11 is 0. The summed E-state index contributed by atoms with van der Waals surface area (Å²) in [5.41, 5.74) is 9.66. The van der Waals surface area contributed by atoms with Gasteiger partial charge in [-0.15, -0.1) is 0 Å². The van der Waals surface area contributed by atoms with Gasteiger partial charge in [-0.3, -0.25) is 9.89 Å². The number of rotatable bonds is 7. The molecule has 0 aliphatic carbocycles. The van der Waals surface area contributed by atoms with E-state index in [1.165, 1.54) is 18.7 Å². The highest BCUT2D eigenvalue weighted by atomic mass is 16.2. The van der Waals surface area contributed by atoms with Crippen LogP contribution in [0.1, 0.15) is 61.9 Å². The van der Waals surface area contributed by atoms with Gasteiger partial charge in [0.1, 0.15) is 5.82 Å². The lowest BCUT2D eigenvalue weighted by atomic mass is 9.92. The molecule has 8 nitrogen and oxygen atoms in total. The first-order chi connectivity index (χ1) is 17.0. The number of hydrogen-bond donors (Lipinski definition) is 2. The van der Waals surface area contributed by atoms with E-state index in [4.69, 9.17) is 5.73 Å². The lowest BCUT2D eigenvalue weighted by Crippen LogP contribution is -2.52. The molecular weight excluding hydrogens is 438 g/mol. The second kappa shape index (κ2) is 10.5. The second-order valence-electron chi connectivity index (χ2n) is 10.4. The highest BCUT2D eigenvalue weighted by Gasteiger charge is 2.32. The van der Waals surface area contributed by atoms with Crippen molar-refractivity contribution < 1.29 is 4.79 Å². The molecule has 1 amide bonds. The maximum absolute atomic E-state index is 13.1. The van der Waals surface area contributed by atoms with E-state index in [9.17, 15) is 4.79 Å². The Morgan fingerprint density at radius 1 is 1.17 bits per heavy atom. The lowest BCUT2D eigenvalue weighted by Gasteiger charge is -2.42. The third kappa shape index (κ3) is 5.14. The lowest BCUT2D eigenvalue weighted by molar-refractivity contribution is -0.134. The minimum absolute atomic E-state index is 0.0786. The fraction of sp³-hybridized carbons (Fsp3) is 0.593. The molecule has 2 saturated heterocycles. The van der Waals surface area contributed by atoms with Crippen molar-refractivity contribution in [3.8, 4) is 0 Å². The summed E-state index contributed by atoms with van der Waals surface area (Å²) in [4.78, 5) is 22.4. The van der Waals surface area contributed by atoms with Crippen molar-refractivity contribution in [3.05, 3.63) is 47.7 Å². The van der Waals surface area contributed by atoms with E-state index in [1.54, 1.807) is 0 Å². The molecule has 1 unspecified atom stereocenters. The maximum atomic E-state index is 13.1. The molecule has 2 fully saturated rings. The van der Waals surface area contributed by atoms with Crippen LogP contribution in [-0.2, 0) is 17.8 Å². The normalized spacial score (nSPS) is 19.5. The van der Waals surface area contributed by atoms with Crippen LogP contribution < -0.4 is 5.73 Å². The number of aryl methyl sites for hydroxylation is 2. The second-order valence-corrected chi connectivity index (χ2v) is 10.4. The maximum Gasteiger partial charge on any atom is 0.239 e. The van der Waals surface area contributed by atoms with E-state index in [0.717, 1.165) is 74.0 Å². The van der Waals surface area contributed by atoms with Crippen LogP contribution in [0.4, 0.5) is 0 Å². The molecule has 8 heteroatoms. The van der Waals surface area contributed by atoms with Gasteiger partial charge < -0.3 is 20.1 Å². The summed E-state index contributed by atoms with van der Waals surface area (Å²) < 4.78 is 2.34. The summed E-state index contributed by atoms with van der Waals surface area (Å²) in [5, 5.41) is 8.22. The van der Waals surface area contributed by atoms with Gasteiger partial charge in [-0.05, 0) is 75.7 Å². The fourth-order valence-electron chi connectivity index (χ4n) is 6.09. The van der Waals surface area contributed by atoms with Crippen molar-refractivity contribution >= 4 is 16.8 Å². The van der Waals surface area contributed by atoms with Crippen LogP contribution in [0.15, 0.2) is 30.7 Å². The molecule has 2 aromatic heterocycles. The third-order valence-corrected chi connectivity index (χ3v) is 7.98. The standard InChI is InChI=1S/C27H39N7O/c1-3-9-33-14-8-29-26(33)21-4-10-32(11-5-21)23-6-12-34(13-7-23)27(35)24(28)17-20-15-19(2)25-22(16-20)18-30-31-25/h8,14-16,18,21,23-24H,3-7,9-13,17,28H2,1-2H3,(H,30,31). The number of benzene rings is 1. The summed E-state index contributed by atoms with van der Waals surface area (Å²) in [7, 11) is 0. The molecule has 3 aromatic rings. The number of aromatic amines is 1. The molecule has 4 heterocycles. The largest absolute Gasteiger partial charge is 0.341 e. The number of aromatic nitrogens is 4. The van der Waals surface area contributed by atoms with Crippen LogP contribution in [-0.4, -0.2) is 73.7 Å². The minimum Gasteiger partial charge on any atom is -0.341 e. The Morgan fingerprint density at radius 3 is 2.69 bits per heavy atom.